The van der Waals surface area contributed by atoms with Crippen molar-refractivity contribution in [3.05, 3.63) is 59.7 Å². The monoisotopic (exact) mass is 473 g/mol. The van der Waals surface area contributed by atoms with Gasteiger partial charge < -0.3 is 19.5 Å². The zero-order chi connectivity index (χ0) is 24.3. The van der Waals surface area contributed by atoms with Crippen LogP contribution in [0.15, 0.2) is 53.4 Å². The number of ether oxygens (including phenoxy) is 3. The number of primary sulfonamides is 1. The summed E-state index contributed by atoms with van der Waals surface area (Å²) in [6.45, 7) is -0.288. The number of hydrogen-bond donors (Lipinski definition) is 2. The van der Waals surface area contributed by atoms with Crippen molar-refractivity contribution in [3.63, 3.8) is 0 Å². The van der Waals surface area contributed by atoms with Crippen molar-refractivity contribution in [1.29, 1.82) is 5.26 Å². The topological polar surface area (TPSA) is 158 Å². The number of amides is 1. The maximum atomic E-state index is 11.9. The highest BCUT2D eigenvalue weighted by molar-refractivity contribution is 7.89. The highest BCUT2D eigenvalue weighted by Gasteiger charge is 2.08. The van der Waals surface area contributed by atoms with E-state index in [9.17, 15) is 18.0 Å². The van der Waals surface area contributed by atoms with Crippen LogP contribution in [0.25, 0.3) is 6.08 Å². The summed E-state index contributed by atoms with van der Waals surface area (Å²) >= 11 is 0. The average molecular weight is 474 g/mol. The smallest absolute Gasteiger partial charge is 0.331 e. The van der Waals surface area contributed by atoms with Gasteiger partial charge in [-0.2, -0.15) is 5.26 Å². The van der Waals surface area contributed by atoms with Crippen molar-refractivity contribution >= 4 is 28.0 Å². The molecule has 0 radical (unpaired) electrons. The molecule has 0 spiro atoms. The highest BCUT2D eigenvalue weighted by atomic mass is 32.2. The van der Waals surface area contributed by atoms with Crippen LogP contribution in [0.5, 0.6) is 11.5 Å². The SMILES string of the molecule is COc1cc(C=CC(=O)OCC(=O)NCCc2ccc(S(N)(=O)=O)cc2)ccc1OCC#N. The van der Waals surface area contributed by atoms with E-state index in [2.05, 4.69) is 5.32 Å². The molecule has 0 saturated carbocycles. The number of methoxy groups -OCH3 is 1. The maximum Gasteiger partial charge on any atom is 0.331 e. The molecule has 0 fully saturated rings. The zero-order valence-electron chi connectivity index (χ0n) is 17.8. The second-order valence-corrected chi connectivity index (χ2v) is 8.15. The van der Waals surface area contributed by atoms with E-state index < -0.39 is 28.5 Å². The van der Waals surface area contributed by atoms with E-state index in [1.54, 1.807) is 30.3 Å². The van der Waals surface area contributed by atoms with Crippen LogP contribution in [-0.4, -0.2) is 47.2 Å². The Labute approximate surface area is 191 Å². The standard InChI is InChI=1S/C22H23N3O7S/c1-30-20-14-17(4-8-19(20)31-13-11-23)5-9-22(27)32-15-21(26)25-12-10-16-2-6-18(7-3-16)33(24,28)29/h2-9,14H,10,12-13,15H2,1H3,(H,25,26)(H2,24,28,29). The van der Waals surface area contributed by atoms with Gasteiger partial charge in [-0.15, -0.1) is 0 Å². The van der Waals surface area contributed by atoms with Gasteiger partial charge in [0, 0.05) is 12.6 Å². The van der Waals surface area contributed by atoms with Crippen molar-refractivity contribution < 1.29 is 32.2 Å². The molecule has 0 atom stereocenters. The molecular weight excluding hydrogens is 450 g/mol. The molecule has 33 heavy (non-hydrogen) atoms. The molecule has 0 bridgehead atoms. The summed E-state index contributed by atoms with van der Waals surface area (Å²) in [4.78, 5) is 23.7. The Kier molecular flexibility index (Phi) is 9.41. The first-order valence-corrected chi connectivity index (χ1v) is 11.2. The molecule has 0 aliphatic carbocycles. The van der Waals surface area contributed by atoms with Crippen LogP contribution in [-0.2, 0) is 30.8 Å². The van der Waals surface area contributed by atoms with Crippen molar-refractivity contribution in [3.8, 4) is 17.6 Å². The fraction of sp³-hybridized carbons (Fsp3) is 0.227. The third-order valence-electron chi connectivity index (χ3n) is 4.23. The van der Waals surface area contributed by atoms with Gasteiger partial charge in [-0.25, -0.2) is 18.4 Å². The number of sulfonamides is 1. The van der Waals surface area contributed by atoms with E-state index in [1.165, 1.54) is 31.4 Å². The molecule has 0 saturated heterocycles. The first kappa shape index (κ1) is 25.4. The molecule has 2 aromatic carbocycles. The zero-order valence-corrected chi connectivity index (χ0v) is 18.6. The van der Waals surface area contributed by atoms with Crippen LogP contribution < -0.4 is 19.9 Å². The molecule has 3 N–H and O–H groups in total. The van der Waals surface area contributed by atoms with Gasteiger partial charge >= 0.3 is 5.97 Å². The van der Waals surface area contributed by atoms with E-state index >= 15 is 0 Å². The average Bonchev–Trinajstić information content (AvgIpc) is 2.80. The fourth-order valence-electron chi connectivity index (χ4n) is 2.61. The largest absolute Gasteiger partial charge is 0.493 e. The number of benzene rings is 2. The molecule has 174 valence electrons. The summed E-state index contributed by atoms with van der Waals surface area (Å²) in [5.41, 5.74) is 1.44. The summed E-state index contributed by atoms with van der Waals surface area (Å²) in [6, 6.07) is 12.8. The predicted molar refractivity (Wildman–Crippen MR) is 119 cm³/mol. The summed E-state index contributed by atoms with van der Waals surface area (Å²) in [5, 5.41) is 16.2. The van der Waals surface area contributed by atoms with Crippen LogP contribution in [0.2, 0.25) is 0 Å². The Morgan fingerprint density at radius 3 is 2.52 bits per heavy atom. The summed E-state index contributed by atoms with van der Waals surface area (Å²) in [6.07, 6.45) is 3.12. The van der Waals surface area contributed by atoms with Crippen molar-refractivity contribution in [2.45, 2.75) is 11.3 Å². The van der Waals surface area contributed by atoms with Gasteiger partial charge in [0.15, 0.2) is 24.7 Å². The number of rotatable bonds is 11. The molecular formula is C22H23N3O7S. The quantitative estimate of drug-likeness (QED) is 0.363. The van der Waals surface area contributed by atoms with Gasteiger partial charge in [0.25, 0.3) is 5.91 Å². The van der Waals surface area contributed by atoms with Gasteiger partial charge in [0.1, 0.15) is 6.07 Å². The third kappa shape index (κ3) is 8.64. The Morgan fingerprint density at radius 1 is 1.15 bits per heavy atom. The van der Waals surface area contributed by atoms with Crippen LogP contribution in [0.1, 0.15) is 11.1 Å². The minimum atomic E-state index is -3.75. The molecule has 11 heteroatoms. The lowest BCUT2D eigenvalue weighted by Crippen LogP contribution is -2.30. The van der Waals surface area contributed by atoms with Crippen LogP contribution in [0.4, 0.5) is 0 Å². The van der Waals surface area contributed by atoms with Gasteiger partial charge in [-0.3, -0.25) is 4.79 Å². The van der Waals surface area contributed by atoms with Crippen molar-refractivity contribution in [2.75, 3.05) is 26.9 Å². The van der Waals surface area contributed by atoms with E-state index in [0.29, 0.717) is 23.5 Å². The van der Waals surface area contributed by atoms with Gasteiger partial charge in [-0.05, 0) is 47.9 Å². The molecule has 2 aromatic rings. The molecule has 2 rings (SSSR count). The van der Waals surface area contributed by atoms with Crippen LogP contribution >= 0.6 is 0 Å². The van der Waals surface area contributed by atoms with E-state index in [4.69, 9.17) is 24.6 Å². The fourth-order valence-corrected chi connectivity index (χ4v) is 3.12. The van der Waals surface area contributed by atoms with Gasteiger partial charge in [-0.1, -0.05) is 18.2 Å². The number of carbonyl (C=O) groups excluding carboxylic acids is 2. The number of nitrogens with two attached hydrogens (primary N) is 1. The molecule has 1 amide bonds. The highest BCUT2D eigenvalue weighted by Crippen LogP contribution is 2.28. The second-order valence-electron chi connectivity index (χ2n) is 6.59. The van der Waals surface area contributed by atoms with Crippen LogP contribution in [0.3, 0.4) is 0 Å². The third-order valence-corrected chi connectivity index (χ3v) is 5.15. The first-order valence-electron chi connectivity index (χ1n) is 9.64. The summed E-state index contributed by atoms with van der Waals surface area (Å²) < 4.78 is 37.8. The maximum absolute atomic E-state index is 11.9. The van der Waals surface area contributed by atoms with Crippen molar-refractivity contribution in [1.82, 2.24) is 5.32 Å². The lowest BCUT2D eigenvalue weighted by molar-refractivity contribution is -0.143. The first-order chi connectivity index (χ1) is 15.7. The Balaban J connectivity index is 1.76. The number of nitrogens with zero attached hydrogens (tertiary/aromatic N) is 1. The molecule has 0 heterocycles. The molecule has 10 nitrogen and oxygen atoms in total. The Morgan fingerprint density at radius 2 is 1.88 bits per heavy atom. The van der Waals surface area contributed by atoms with E-state index in [1.807, 2.05) is 6.07 Å². The minimum absolute atomic E-state index is 0.0111. The molecule has 0 unspecified atom stereocenters. The summed E-state index contributed by atoms with van der Waals surface area (Å²) in [5.74, 6) is -0.374. The molecule has 0 aliphatic heterocycles. The minimum Gasteiger partial charge on any atom is -0.493 e. The number of nitriles is 1. The lowest BCUT2D eigenvalue weighted by atomic mass is 10.1. The Bertz CT molecular complexity index is 1150. The molecule has 0 aliphatic rings. The molecule has 0 aromatic heterocycles. The predicted octanol–water partition coefficient (Wildman–Crippen LogP) is 1.16. The normalized spacial score (nSPS) is 10.9. The number of hydrogen-bond acceptors (Lipinski definition) is 8. The van der Waals surface area contributed by atoms with E-state index in [-0.39, 0.29) is 18.0 Å². The van der Waals surface area contributed by atoms with E-state index in [0.717, 1.165) is 5.56 Å². The van der Waals surface area contributed by atoms with Gasteiger partial charge in [0.2, 0.25) is 10.0 Å². The lowest BCUT2D eigenvalue weighted by Gasteiger charge is -2.08. The number of carbonyl (C=O) groups is 2. The van der Waals surface area contributed by atoms with Crippen molar-refractivity contribution in [2.24, 2.45) is 5.14 Å². The number of nitrogens with one attached hydrogen (secondary N) is 1. The second kappa shape index (κ2) is 12.2. The van der Waals surface area contributed by atoms with Crippen LogP contribution in [0, 0.1) is 11.3 Å². The van der Waals surface area contributed by atoms with Gasteiger partial charge in [0.05, 0.1) is 12.0 Å². The summed E-state index contributed by atoms with van der Waals surface area (Å²) in [7, 11) is -2.29. The Hall–Kier alpha value is -3.88. The number of esters is 1.